The Morgan fingerprint density at radius 1 is 1.06 bits per heavy atom. The van der Waals surface area contributed by atoms with Crippen LogP contribution in [0.15, 0.2) is 24.5 Å². The van der Waals surface area contributed by atoms with Crippen molar-refractivity contribution in [3.63, 3.8) is 0 Å². The van der Waals surface area contributed by atoms with Crippen LogP contribution < -0.4 is 14.2 Å². The van der Waals surface area contributed by atoms with E-state index in [1.807, 2.05) is 0 Å². The molecule has 0 atom stereocenters. The van der Waals surface area contributed by atoms with Crippen LogP contribution in [-0.2, 0) is 14.3 Å². The number of aromatic nitrogens is 2. The molecule has 0 saturated carbocycles. The first kappa shape index (κ1) is 25.9. The molecule has 2 saturated heterocycles. The van der Waals surface area contributed by atoms with E-state index in [1.165, 1.54) is 18.5 Å². The van der Waals surface area contributed by atoms with Crippen molar-refractivity contribution in [2.45, 2.75) is 64.8 Å². The minimum absolute atomic E-state index is 0.0148. The van der Waals surface area contributed by atoms with Crippen LogP contribution in [0.2, 0.25) is 0 Å². The zero-order valence-corrected chi connectivity index (χ0v) is 20.8. The standard InChI is InChI=1S/C25H32FN3O7/c1-16(2)32-25(30)36-29-10-6-18(7-11-29)34-23-17(3)24(28-15-27-23)35-22-5-4-20(14-21(22)26)33-19-8-12-31-13-9-19/h4-5,14-16,18-19H,6-13H2,1-3H3. The maximum absolute atomic E-state index is 14.7. The highest BCUT2D eigenvalue weighted by atomic mass is 19.1. The fraction of sp³-hybridized carbons (Fsp3) is 0.560. The second kappa shape index (κ2) is 12.2. The van der Waals surface area contributed by atoms with Gasteiger partial charge in [0, 0.05) is 44.8 Å². The Bertz CT molecular complexity index is 1020. The molecule has 2 aliphatic heterocycles. The molecule has 1 aromatic carbocycles. The first-order chi connectivity index (χ1) is 17.4. The lowest BCUT2D eigenvalue weighted by Crippen LogP contribution is -2.40. The smallest absolute Gasteiger partial charge is 0.490 e. The molecule has 11 heteroatoms. The molecule has 2 aliphatic rings. The summed E-state index contributed by atoms with van der Waals surface area (Å²) in [5.41, 5.74) is 0.554. The van der Waals surface area contributed by atoms with E-state index in [2.05, 4.69) is 9.97 Å². The molecule has 0 unspecified atom stereocenters. The number of benzene rings is 1. The Morgan fingerprint density at radius 3 is 2.44 bits per heavy atom. The van der Waals surface area contributed by atoms with Gasteiger partial charge in [-0.2, -0.15) is 0 Å². The van der Waals surface area contributed by atoms with Gasteiger partial charge in [0.1, 0.15) is 24.3 Å². The Labute approximate surface area is 209 Å². The summed E-state index contributed by atoms with van der Waals surface area (Å²) >= 11 is 0. The number of piperidine rings is 1. The van der Waals surface area contributed by atoms with Gasteiger partial charge in [-0.05, 0) is 32.9 Å². The van der Waals surface area contributed by atoms with E-state index in [0.717, 1.165) is 12.8 Å². The highest BCUT2D eigenvalue weighted by molar-refractivity contribution is 5.59. The molecule has 196 valence electrons. The van der Waals surface area contributed by atoms with Gasteiger partial charge in [-0.1, -0.05) is 0 Å². The van der Waals surface area contributed by atoms with Crippen molar-refractivity contribution in [3.05, 3.63) is 35.9 Å². The second-order valence-corrected chi connectivity index (χ2v) is 8.99. The minimum atomic E-state index is -0.715. The quantitative estimate of drug-likeness (QED) is 0.473. The third-order valence-corrected chi connectivity index (χ3v) is 5.79. The lowest BCUT2D eigenvalue weighted by molar-refractivity contribution is -0.151. The van der Waals surface area contributed by atoms with Crippen LogP contribution >= 0.6 is 0 Å². The first-order valence-corrected chi connectivity index (χ1v) is 12.2. The number of nitrogens with zero attached hydrogens (tertiary/aromatic N) is 3. The van der Waals surface area contributed by atoms with Gasteiger partial charge in [0.05, 0.1) is 24.9 Å². The zero-order valence-electron chi connectivity index (χ0n) is 20.8. The predicted octanol–water partition coefficient (Wildman–Crippen LogP) is 4.59. The van der Waals surface area contributed by atoms with Crippen LogP contribution in [0.4, 0.5) is 9.18 Å². The number of hydrogen-bond donors (Lipinski definition) is 0. The third kappa shape index (κ3) is 7.17. The summed E-state index contributed by atoms with van der Waals surface area (Å²) in [4.78, 5) is 25.2. The molecule has 2 aromatic rings. The van der Waals surface area contributed by atoms with Gasteiger partial charge in [-0.3, -0.25) is 0 Å². The third-order valence-electron chi connectivity index (χ3n) is 5.79. The lowest BCUT2D eigenvalue weighted by atomic mass is 10.1. The van der Waals surface area contributed by atoms with Gasteiger partial charge < -0.3 is 28.5 Å². The van der Waals surface area contributed by atoms with Crippen molar-refractivity contribution in [2.75, 3.05) is 26.3 Å². The van der Waals surface area contributed by atoms with Crippen LogP contribution in [0.1, 0.15) is 45.1 Å². The Kier molecular flexibility index (Phi) is 8.76. The number of carbonyl (C=O) groups is 1. The summed E-state index contributed by atoms with van der Waals surface area (Å²) < 4.78 is 42.7. The van der Waals surface area contributed by atoms with Crippen molar-refractivity contribution in [1.82, 2.24) is 15.0 Å². The monoisotopic (exact) mass is 505 g/mol. The SMILES string of the molecule is Cc1c(Oc2ccc(OC3CCOCC3)cc2F)ncnc1OC1CCN(OC(=O)OC(C)C)CC1. The number of hydroxylamine groups is 2. The molecule has 10 nitrogen and oxygen atoms in total. The normalized spacial score (nSPS) is 17.6. The first-order valence-electron chi connectivity index (χ1n) is 12.2. The van der Waals surface area contributed by atoms with Gasteiger partial charge >= 0.3 is 6.16 Å². The molecule has 0 amide bonds. The molecule has 0 spiro atoms. The highest BCUT2D eigenvalue weighted by Crippen LogP contribution is 2.32. The molecule has 1 aromatic heterocycles. The van der Waals surface area contributed by atoms with Crippen molar-refractivity contribution < 1.29 is 37.7 Å². The number of rotatable bonds is 8. The fourth-order valence-corrected chi connectivity index (χ4v) is 3.89. The van der Waals surface area contributed by atoms with Gasteiger partial charge in [0.15, 0.2) is 11.6 Å². The van der Waals surface area contributed by atoms with Crippen molar-refractivity contribution >= 4 is 6.16 Å². The van der Waals surface area contributed by atoms with Crippen LogP contribution in [0.25, 0.3) is 0 Å². The van der Waals surface area contributed by atoms with E-state index >= 15 is 0 Å². The Hall–Kier alpha value is -3.18. The van der Waals surface area contributed by atoms with Gasteiger partial charge in [0.2, 0.25) is 11.8 Å². The van der Waals surface area contributed by atoms with E-state index in [1.54, 1.807) is 31.9 Å². The van der Waals surface area contributed by atoms with Crippen LogP contribution in [0.5, 0.6) is 23.3 Å². The summed E-state index contributed by atoms with van der Waals surface area (Å²) in [5, 5.41) is 1.56. The van der Waals surface area contributed by atoms with E-state index in [-0.39, 0.29) is 29.9 Å². The fourth-order valence-electron chi connectivity index (χ4n) is 3.89. The molecular formula is C25H32FN3O7. The molecule has 0 bridgehead atoms. The second-order valence-electron chi connectivity index (χ2n) is 8.99. The molecule has 0 aliphatic carbocycles. The molecule has 3 heterocycles. The largest absolute Gasteiger partial charge is 0.528 e. The maximum Gasteiger partial charge on any atom is 0.528 e. The Balaban J connectivity index is 1.32. The van der Waals surface area contributed by atoms with Crippen LogP contribution in [0.3, 0.4) is 0 Å². The van der Waals surface area contributed by atoms with Gasteiger partial charge in [-0.25, -0.2) is 19.2 Å². The van der Waals surface area contributed by atoms with Gasteiger partial charge in [0.25, 0.3) is 0 Å². The van der Waals surface area contributed by atoms with E-state index < -0.39 is 12.0 Å². The van der Waals surface area contributed by atoms with Crippen molar-refractivity contribution in [1.29, 1.82) is 0 Å². The average Bonchev–Trinajstić information content (AvgIpc) is 2.84. The average molecular weight is 506 g/mol. The van der Waals surface area contributed by atoms with E-state index in [0.29, 0.717) is 56.3 Å². The molecular weight excluding hydrogens is 473 g/mol. The van der Waals surface area contributed by atoms with E-state index in [9.17, 15) is 9.18 Å². The topological polar surface area (TPSA) is 101 Å². The number of hydrogen-bond acceptors (Lipinski definition) is 10. The Morgan fingerprint density at radius 2 is 1.75 bits per heavy atom. The molecule has 2 fully saturated rings. The maximum atomic E-state index is 14.7. The predicted molar refractivity (Wildman–Crippen MR) is 126 cm³/mol. The highest BCUT2D eigenvalue weighted by Gasteiger charge is 2.26. The van der Waals surface area contributed by atoms with Crippen molar-refractivity contribution in [3.8, 4) is 23.3 Å². The molecule has 0 N–H and O–H groups in total. The summed E-state index contributed by atoms with van der Waals surface area (Å²) in [6.45, 7) is 7.56. The summed E-state index contributed by atoms with van der Waals surface area (Å²) in [7, 11) is 0. The molecule has 4 rings (SSSR count). The minimum Gasteiger partial charge on any atom is -0.490 e. The summed E-state index contributed by atoms with van der Waals surface area (Å²) in [5.74, 6) is 0.486. The zero-order chi connectivity index (χ0) is 25.5. The van der Waals surface area contributed by atoms with Gasteiger partial charge in [-0.15, -0.1) is 5.06 Å². The van der Waals surface area contributed by atoms with Crippen LogP contribution in [-0.4, -0.2) is 65.8 Å². The molecule has 0 radical (unpaired) electrons. The summed E-state index contributed by atoms with van der Waals surface area (Å²) in [6, 6.07) is 4.51. The van der Waals surface area contributed by atoms with Crippen LogP contribution in [0, 0.1) is 12.7 Å². The number of ether oxygens (including phenoxy) is 5. The van der Waals surface area contributed by atoms with E-state index in [4.69, 9.17) is 28.5 Å². The number of halogens is 1. The lowest BCUT2D eigenvalue weighted by Gasteiger charge is -2.30. The summed E-state index contributed by atoms with van der Waals surface area (Å²) in [6.07, 6.45) is 3.04. The molecule has 36 heavy (non-hydrogen) atoms. The number of carbonyl (C=O) groups excluding carboxylic acids is 1. The van der Waals surface area contributed by atoms with Crippen molar-refractivity contribution in [2.24, 2.45) is 0 Å².